The molecule has 0 unspecified atom stereocenters. The van der Waals surface area contributed by atoms with Crippen LogP contribution in [0.1, 0.15) is 11.4 Å². The SMILES string of the molecule is Cn1c(CN)nc2cc(CO)ccc21. The van der Waals surface area contributed by atoms with Crippen LogP contribution in [-0.2, 0) is 20.2 Å². The van der Waals surface area contributed by atoms with Crippen molar-refractivity contribution < 1.29 is 5.11 Å². The fourth-order valence-corrected chi connectivity index (χ4v) is 1.58. The number of fused-ring (bicyclic) bond motifs is 1. The Kier molecular flexibility index (Phi) is 2.23. The Morgan fingerprint density at radius 3 is 2.93 bits per heavy atom. The summed E-state index contributed by atoms with van der Waals surface area (Å²) < 4.78 is 1.97. The van der Waals surface area contributed by atoms with Gasteiger partial charge in [-0.3, -0.25) is 0 Å². The number of hydrogen-bond acceptors (Lipinski definition) is 3. The summed E-state index contributed by atoms with van der Waals surface area (Å²) in [6.45, 7) is 0.476. The summed E-state index contributed by atoms with van der Waals surface area (Å²) >= 11 is 0. The zero-order valence-electron chi connectivity index (χ0n) is 8.07. The summed E-state index contributed by atoms with van der Waals surface area (Å²) in [5, 5.41) is 8.97. The van der Waals surface area contributed by atoms with E-state index in [1.807, 2.05) is 29.8 Å². The Labute approximate surface area is 82.0 Å². The van der Waals surface area contributed by atoms with E-state index in [0.29, 0.717) is 6.54 Å². The molecular weight excluding hydrogens is 178 g/mol. The van der Waals surface area contributed by atoms with Crippen LogP contribution in [0.3, 0.4) is 0 Å². The number of aliphatic hydroxyl groups excluding tert-OH is 1. The minimum absolute atomic E-state index is 0.0461. The summed E-state index contributed by atoms with van der Waals surface area (Å²) in [6, 6.07) is 5.73. The second-order valence-corrected chi connectivity index (χ2v) is 3.27. The minimum Gasteiger partial charge on any atom is -0.392 e. The van der Waals surface area contributed by atoms with E-state index in [0.717, 1.165) is 22.4 Å². The van der Waals surface area contributed by atoms with Crippen molar-refractivity contribution in [2.45, 2.75) is 13.2 Å². The van der Waals surface area contributed by atoms with E-state index >= 15 is 0 Å². The Morgan fingerprint density at radius 2 is 2.29 bits per heavy atom. The number of imidazole rings is 1. The summed E-state index contributed by atoms with van der Waals surface area (Å²) in [5.41, 5.74) is 8.36. The van der Waals surface area contributed by atoms with Crippen molar-refractivity contribution in [3.05, 3.63) is 29.6 Å². The third-order valence-corrected chi connectivity index (χ3v) is 2.40. The number of nitrogens with two attached hydrogens (primary N) is 1. The van der Waals surface area contributed by atoms with Crippen molar-refractivity contribution in [2.75, 3.05) is 0 Å². The van der Waals surface area contributed by atoms with Gasteiger partial charge in [0.15, 0.2) is 0 Å². The van der Waals surface area contributed by atoms with Gasteiger partial charge < -0.3 is 15.4 Å². The molecule has 0 saturated heterocycles. The molecule has 1 heterocycles. The lowest BCUT2D eigenvalue weighted by molar-refractivity contribution is 0.282. The average Bonchev–Trinajstić information content (AvgIpc) is 2.55. The van der Waals surface area contributed by atoms with Crippen LogP contribution in [-0.4, -0.2) is 14.7 Å². The van der Waals surface area contributed by atoms with Crippen LogP contribution in [0.5, 0.6) is 0 Å². The molecule has 2 rings (SSSR count). The number of hydrogen-bond donors (Lipinski definition) is 2. The molecule has 0 amide bonds. The molecule has 0 bridgehead atoms. The molecule has 0 saturated carbocycles. The van der Waals surface area contributed by atoms with Crippen LogP contribution >= 0.6 is 0 Å². The fourth-order valence-electron chi connectivity index (χ4n) is 1.58. The maximum atomic E-state index is 8.97. The topological polar surface area (TPSA) is 64.1 Å². The first-order valence-corrected chi connectivity index (χ1v) is 4.51. The molecule has 0 atom stereocenters. The average molecular weight is 191 g/mol. The molecule has 1 aromatic carbocycles. The molecular formula is C10H13N3O. The van der Waals surface area contributed by atoms with Crippen LogP contribution in [0.2, 0.25) is 0 Å². The minimum atomic E-state index is 0.0461. The second kappa shape index (κ2) is 3.40. The first-order chi connectivity index (χ1) is 6.76. The molecule has 3 N–H and O–H groups in total. The standard InChI is InChI=1S/C10H13N3O/c1-13-9-3-2-7(6-14)4-8(9)12-10(13)5-11/h2-4,14H,5-6,11H2,1H3. The van der Waals surface area contributed by atoms with Crippen LogP contribution < -0.4 is 5.73 Å². The maximum absolute atomic E-state index is 8.97. The van der Waals surface area contributed by atoms with Gasteiger partial charge in [0.2, 0.25) is 0 Å². The van der Waals surface area contributed by atoms with Crippen molar-refractivity contribution in [1.82, 2.24) is 9.55 Å². The third-order valence-electron chi connectivity index (χ3n) is 2.40. The molecule has 1 aromatic heterocycles. The summed E-state index contributed by atoms with van der Waals surface area (Å²) in [7, 11) is 1.94. The van der Waals surface area contributed by atoms with Crippen molar-refractivity contribution in [2.24, 2.45) is 12.8 Å². The molecule has 0 spiro atoms. The van der Waals surface area contributed by atoms with Gasteiger partial charge >= 0.3 is 0 Å². The highest BCUT2D eigenvalue weighted by Crippen LogP contribution is 2.16. The van der Waals surface area contributed by atoms with Gasteiger partial charge in [0, 0.05) is 7.05 Å². The highest BCUT2D eigenvalue weighted by molar-refractivity contribution is 5.76. The van der Waals surface area contributed by atoms with Gasteiger partial charge in [0.25, 0.3) is 0 Å². The van der Waals surface area contributed by atoms with E-state index < -0.39 is 0 Å². The quantitative estimate of drug-likeness (QED) is 0.727. The molecule has 0 radical (unpaired) electrons. The first-order valence-electron chi connectivity index (χ1n) is 4.51. The summed E-state index contributed by atoms with van der Waals surface area (Å²) in [4.78, 5) is 4.37. The molecule has 0 aliphatic carbocycles. The van der Waals surface area contributed by atoms with Gasteiger partial charge in [0.1, 0.15) is 5.82 Å². The van der Waals surface area contributed by atoms with E-state index in [4.69, 9.17) is 10.8 Å². The van der Waals surface area contributed by atoms with Crippen LogP contribution in [0, 0.1) is 0 Å². The third kappa shape index (κ3) is 1.29. The van der Waals surface area contributed by atoms with E-state index in [1.165, 1.54) is 0 Å². The van der Waals surface area contributed by atoms with Crippen molar-refractivity contribution >= 4 is 11.0 Å². The lowest BCUT2D eigenvalue weighted by Gasteiger charge is -1.98. The number of aliphatic hydroxyl groups is 1. The number of rotatable bonds is 2. The lowest BCUT2D eigenvalue weighted by Crippen LogP contribution is -2.04. The molecule has 74 valence electrons. The van der Waals surface area contributed by atoms with Crippen LogP contribution in [0.25, 0.3) is 11.0 Å². The van der Waals surface area contributed by atoms with E-state index in [-0.39, 0.29) is 6.61 Å². The second-order valence-electron chi connectivity index (χ2n) is 3.27. The highest BCUT2D eigenvalue weighted by atomic mass is 16.3. The fraction of sp³-hybridized carbons (Fsp3) is 0.300. The lowest BCUT2D eigenvalue weighted by atomic mass is 10.2. The molecule has 2 aromatic rings. The van der Waals surface area contributed by atoms with Gasteiger partial charge in [-0.25, -0.2) is 4.98 Å². The zero-order chi connectivity index (χ0) is 10.1. The van der Waals surface area contributed by atoms with Gasteiger partial charge in [-0.15, -0.1) is 0 Å². The molecule has 0 aliphatic rings. The molecule has 4 heteroatoms. The van der Waals surface area contributed by atoms with Crippen molar-refractivity contribution in [3.63, 3.8) is 0 Å². The largest absolute Gasteiger partial charge is 0.392 e. The smallest absolute Gasteiger partial charge is 0.123 e. The monoisotopic (exact) mass is 191 g/mol. The molecule has 14 heavy (non-hydrogen) atoms. The van der Waals surface area contributed by atoms with E-state index in [9.17, 15) is 0 Å². The highest BCUT2D eigenvalue weighted by Gasteiger charge is 2.05. The van der Waals surface area contributed by atoms with Crippen molar-refractivity contribution in [3.8, 4) is 0 Å². The molecule has 0 fully saturated rings. The molecule has 0 aliphatic heterocycles. The van der Waals surface area contributed by atoms with E-state index in [2.05, 4.69) is 4.98 Å². The van der Waals surface area contributed by atoms with Gasteiger partial charge in [-0.2, -0.15) is 0 Å². The molecule has 4 nitrogen and oxygen atoms in total. The predicted molar refractivity (Wildman–Crippen MR) is 54.5 cm³/mol. The normalized spacial score (nSPS) is 11.1. The summed E-state index contributed by atoms with van der Waals surface area (Å²) in [5.74, 6) is 0.857. The Bertz CT molecular complexity index is 462. The number of benzene rings is 1. The Balaban J connectivity index is 2.66. The van der Waals surface area contributed by atoms with Gasteiger partial charge in [-0.1, -0.05) is 6.07 Å². The van der Waals surface area contributed by atoms with Crippen LogP contribution in [0.4, 0.5) is 0 Å². The zero-order valence-corrected chi connectivity index (χ0v) is 8.07. The Hall–Kier alpha value is -1.39. The predicted octanol–water partition coefficient (Wildman–Crippen LogP) is 0.524. The summed E-state index contributed by atoms with van der Waals surface area (Å²) in [6.07, 6.45) is 0. The number of nitrogens with zero attached hydrogens (tertiary/aromatic N) is 2. The maximum Gasteiger partial charge on any atom is 0.123 e. The van der Waals surface area contributed by atoms with Gasteiger partial charge in [0.05, 0.1) is 24.2 Å². The first kappa shape index (κ1) is 9.18. The van der Waals surface area contributed by atoms with E-state index in [1.54, 1.807) is 0 Å². The van der Waals surface area contributed by atoms with Crippen molar-refractivity contribution in [1.29, 1.82) is 0 Å². The number of aryl methyl sites for hydroxylation is 1. The number of aromatic nitrogens is 2. The Morgan fingerprint density at radius 1 is 1.50 bits per heavy atom. The van der Waals surface area contributed by atoms with Gasteiger partial charge in [-0.05, 0) is 17.7 Å². The van der Waals surface area contributed by atoms with Crippen LogP contribution in [0.15, 0.2) is 18.2 Å².